The zero-order valence-electron chi connectivity index (χ0n) is 27.8. The molecule has 2 atom stereocenters. The van der Waals surface area contributed by atoms with Crippen molar-refractivity contribution in [1.29, 1.82) is 0 Å². The summed E-state index contributed by atoms with van der Waals surface area (Å²) in [4.78, 5) is 21.7. The van der Waals surface area contributed by atoms with Gasteiger partial charge in [0.2, 0.25) is 0 Å². The molecule has 49 heavy (non-hydrogen) atoms. The maximum absolute atomic E-state index is 13.1. The van der Waals surface area contributed by atoms with Crippen LogP contribution < -0.4 is 14.9 Å². The van der Waals surface area contributed by atoms with Crippen molar-refractivity contribution in [2.24, 2.45) is 0 Å². The van der Waals surface area contributed by atoms with Crippen molar-refractivity contribution in [2.75, 3.05) is 4.90 Å². The van der Waals surface area contributed by atoms with Gasteiger partial charge >= 0.3 is 0 Å². The van der Waals surface area contributed by atoms with Gasteiger partial charge in [0.05, 0.1) is 20.3 Å². The molecule has 1 amide bonds. The summed E-state index contributed by atoms with van der Waals surface area (Å²) in [6.45, 7) is 7.26. The zero-order valence-corrected chi connectivity index (χ0v) is 30.9. The Morgan fingerprint density at radius 3 is 2.39 bits per heavy atom. The quantitative estimate of drug-likeness (QED) is 0.146. The van der Waals surface area contributed by atoms with E-state index in [0.717, 1.165) is 81.3 Å². The number of amides is 1. The largest absolute Gasteiger partial charge is 0.360 e. The van der Waals surface area contributed by atoms with Crippen LogP contribution in [0.2, 0.25) is 10.0 Å². The number of aromatic nitrogens is 2. The van der Waals surface area contributed by atoms with Gasteiger partial charge in [0.15, 0.2) is 5.13 Å². The first-order chi connectivity index (χ1) is 23.6. The molecular formula is C38H39Cl2N5O2S2. The number of benzene rings is 3. The van der Waals surface area contributed by atoms with Crippen molar-refractivity contribution in [3.8, 4) is 11.3 Å². The number of nitrogens with one attached hydrogen (secondary N) is 2. The third-order valence-electron chi connectivity index (χ3n) is 10.1. The summed E-state index contributed by atoms with van der Waals surface area (Å²) < 4.78 is 9.95. The summed E-state index contributed by atoms with van der Waals surface area (Å²) in [6, 6.07) is 21.0. The van der Waals surface area contributed by atoms with E-state index in [1.54, 1.807) is 11.3 Å². The lowest BCUT2D eigenvalue weighted by molar-refractivity contribution is 0.0984. The molecule has 2 unspecified atom stereocenters. The third kappa shape index (κ3) is 6.73. The second kappa shape index (κ2) is 13.2. The minimum atomic E-state index is -0.105. The van der Waals surface area contributed by atoms with Crippen molar-refractivity contribution < 1.29 is 9.32 Å². The van der Waals surface area contributed by atoms with Gasteiger partial charge in [-0.3, -0.25) is 9.52 Å². The second-order valence-corrected chi connectivity index (χ2v) is 17.3. The molecule has 2 bridgehead atoms. The molecule has 0 spiro atoms. The van der Waals surface area contributed by atoms with Crippen molar-refractivity contribution in [1.82, 2.24) is 20.2 Å². The van der Waals surface area contributed by atoms with Gasteiger partial charge in [-0.15, -0.1) is 0 Å². The Labute approximate surface area is 305 Å². The Bertz CT molecular complexity index is 1980. The topological polar surface area (TPSA) is 83.3 Å². The highest BCUT2D eigenvalue weighted by atomic mass is 35.5. The number of piperidine rings is 1. The number of rotatable bonds is 9. The number of thiazole rings is 1. The molecule has 2 saturated heterocycles. The summed E-state index contributed by atoms with van der Waals surface area (Å²) in [5.41, 5.74) is 5.52. The summed E-state index contributed by atoms with van der Waals surface area (Å²) in [5.74, 6) is 1.29. The number of nitrogens with zero attached hydrogens (tertiary/aromatic N) is 3. The van der Waals surface area contributed by atoms with Crippen molar-refractivity contribution in [3.63, 3.8) is 0 Å². The molecule has 0 radical (unpaired) electrons. The first kappa shape index (κ1) is 33.1. The van der Waals surface area contributed by atoms with Crippen molar-refractivity contribution in [3.05, 3.63) is 93.2 Å². The minimum absolute atomic E-state index is 0.0957. The molecule has 254 valence electrons. The Hall–Kier alpha value is -3.08. The average molecular weight is 733 g/mol. The number of anilines is 1. The van der Waals surface area contributed by atoms with Crippen LogP contribution in [0.15, 0.2) is 70.1 Å². The molecule has 2 N–H and O–H groups in total. The number of hydrogen-bond donors (Lipinski definition) is 2. The number of fused-ring (bicyclic) bond motifs is 3. The first-order valence-corrected chi connectivity index (χ1v) is 19.4. The maximum Gasteiger partial charge on any atom is 0.261 e. The molecule has 2 aliphatic heterocycles. The summed E-state index contributed by atoms with van der Waals surface area (Å²) in [5, 5.41) is 10.6. The highest BCUT2D eigenvalue weighted by molar-refractivity contribution is 7.98. The van der Waals surface area contributed by atoms with Gasteiger partial charge in [0.25, 0.3) is 5.91 Å². The smallest absolute Gasteiger partial charge is 0.261 e. The Kier molecular flexibility index (Phi) is 8.94. The van der Waals surface area contributed by atoms with Crippen LogP contribution in [0.5, 0.6) is 0 Å². The van der Waals surface area contributed by atoms with Crippen LogP contribution in [0.3, 0.4) is 0 Å². The fourth-order valence-corrected chi connectivity index (χ4v) is 9.66. The van der Waals surface area contributed by atoms with E-state index in [4.69, 9.17) is 32.7 Å². The van der Waals surface area contributed by atoms with Gasteiger partial charge in [-0.2, -0.15) is 0 Å². The highest BCUT2D eigenvalue weighted by Gasteiger charge is 2.42. The number of halogens is 2. The molecule has 5 aromatic rings. The van der Waals surface area contributed by atoms with E-state index in [-0.39, 0.29) is 11.3 Å². The van der Waals surface area contributed by atoms with Gasteiger partial charge in [-0.25, -0.2) is 4.98 Å². The molecule has 1 aliphatic carbocycles. The van der Waals surface area contributed by atoms with Gasteiger partial charge in [-0.1, -0.05) is 78.7 Å². The van der Waals surface area contributed by atoms with E-state index in [1.165, 1.54) is 17.5 Å². The maximum atomic E-state index is 13.1. The van der Waals surface area contributed by atoms with Crippen LogP contribution in [0.25, 0.3) is 21.5 Å². The number of carbonyl (C=O) groups is 1. The Balaban J connectivity index is 0.929. The predicted molar refractivity (Wildman–Crippen MR) is 201 cm³/mol. The van der Waals surface area contributed by atoms with Gasteiger partial charge in [0, 0.05) is 52.2 Å². The summed E-state index contributed by atoms with van der Waals surface area (Å²) in [7, 11) is 0. The molecule has 3 aliphatic rings. The van der Waals surface area contributed by atoms with Gasteiger partial charge < -0.3 is 14.7 Å². The molecule has 7 nitrogen and oxygen atoms in total. The van der Waals surface area contributed by atoms with Crippen LogP contribution in [0, 0.1) is 0 Å². The normalized spacial score (nSPS) is 20.7. The van der Waals surface area contributed by atoms with Crippen molar-refractivity contribution >= 4 is 67.7 Å². The molecule has 11 heteroatoms. The molecular weight excluding hydrogens is 693 g/mol. The molecule has 3 fully saturated rings. The monoisotopic (exact) mass is 731 g/mol. The van der Waals surface area contributed by atoms with E-state index in [9.17, 15) is 4.79 Å². The lowest BCUT2D eigenvalue weighted by Gasteiger charge is -2.39. The molecule has 4 heterocycles. The lowest BCUT2D eigenvalue weighted by atomic mass is 9.87. The number of carbonyl (C=O) groups excluding carboxylic acids is 1. The van der Waals surface area contributed by atoms with Crippen LogP contribution in [0.4, 0.5) is 5.13 Å². The molecule has 3 aromatic carbocycles. The van der Waals surface area contributed by atoms with E-state index >= 15 is 0 Å². The minimum Gasteiger partial charge on any atom is -0.360 e. The van der Waals surface area contributed by atoms with Crippen LogP contribution in [-0.2, 0) is 12.0 Å². The van der Waals surface area contributed by atoms with E-state index in [2.05, 4.69) is 65.1 Å². The van der Waals surface area contributed by atoms with Crippen LogP contribution in [0.1, 0.15) is 92.5 Å². The van der Waals surface area contributed by atoms with E-state index in [1.807, 2.05) is 36.4 Å². The molecule has 1 saturated carbocycles. The standard InChI is InChI=1S/C38H39Cl2N5O2S2/c1-38(2,3)23-10-14-27(15-11-23)49-44-36(46)22-9-16-31-32(17-22)48-37(42-31)45-25-12-13-26(45)19-24(18-25)41-20-28-34(43-47-35(28)21-7-8-21)33-29(39)5-4-6-30(33)40/h4-6,9-11,14-17,21,24-26,41H,7-8,12-13,18-20H2,1-3H3,(H,44,46). The fourth-order valence-electron chi connectivity index (χ4n) is 7.33. The second-order valence-electron chi connectivity index (χ2n) is 14.6. The van der Waals surface area contributed by atoms with Gasteiger partial charge in [-0.05, 0) is 104 Å². The molecule has 2 aromatic heterocycles. The fraction of sp³-hybridized carbons (Fsp3) is 0.395. The Morgan fingerprint density at radius 1 is 1.00 bits per heavy atom. The average Bonchev–Trinajstić information content (AvgIpc) is 3.61. The van der Waals surface area contributed by atoms with E-state index in [0.29, 0.717) is 46.2 Å². The molecule has 8 rings (SSSR count). The first-order valence-electron chi connectivity index (χ1n) is 17.0. The van der Waals surface area contributed by atoms with Gasteiger partial charge in [0.1, 0.15) is 11.5 Å². The van der Waals surface area contributed by atoms with Crippen molar-refractivity contribution in [2.45, 2.75) is 100 Å². The predicted octanol–water partition coefficient (Wildman–Crippen LogP) is 10.2. The van der Waals surface area contributed by atoms with Crippen LogP contribution in [-0.4, -0.2) is 34.2 Å². The SMILES string of the molecule is CC(C)(C)c1ccc(SNC(=O)c2ccc3nc(N4C5CCC4CC(NCc4c(-c6c(Cl)cccc6Cl)noc4C4CC4)C5)sc3c2)cc1. The lowest BCUT2D eigenvalue weighted by Crippen LogP contribution is -2.49. The number of hydrogen-bond acceptors (Lipinski definition) is 8. The van der Waals surface area contributed by atoms with E-state index < -0.39 is 0 Å². The third-order valence-corrected chi connectivity index (χ3v) is 12.6. The summed E-state index contributed by atoms with van der Waals surface area (Å²) >= 11 is 16.2. The highest BCUT2D eigenvalue weighted by Crippen LogP contribution is 2.47. The summed E-state index contributed by atoms with van der Waals surface area (Å²) in [6.07, 6.45) is 6.64. The Morgan fingerprint density at radius 2 is 1.71 bits per heavy atom. The zero-order chi connectivity index (χ0) is 33.9. The van der Waals surface area contributed by atoms with Crippen LogP contribution >= 0.6 is 46.5 Å².